The van der Waals surface area contributed by atoms with Gasteiger partial charge >= 0.3 is 5.97 Å². The molecule has 0 amide bonds. The van der Waals surface area contributed by atoms with Gasteiger partial charge in [-0.3, -0.25) is 4.79 Å². The molecule has 3 N–H and O–H groups in total. The Morgan fingerprint density at radius 2 is 2.20 bits per heavy atom. The number of hydrogen-bond donors (Lipinski definition) is 2. The molecule has 0 spiro atoms. The molecule has 15 heavy (non-hydrogen) atoms. The molecule has 1 rings (SSSR count). The molecule has 0 radical (unpaired) electrons. The molecular weight excluding hydrogens is 217 g/mol. The minimum Gasteiger partial charge on any atom is -0.480 e. The van der Waals surface area contributed by atoms with Gasteiger partial charge in [0.25, 0.3) is 0 Å². The third-order valence-electron chi connectivity index (χ3n) is 1.84. The molecule has 3 nitrogen and oxygen atoms in total. The maximum Gasteiger partial charge on any atom is 0.320 e. The Balaban J connectivity index is 2.38. The Hall–Kier alpha value is -1.07. The van der Waals surface area contributed by atoms with Crippen LogP contribution in [0.25, 0.3) is 0 Å². The van der Waals surface area contributed by atoms with Crippen molar-refractivity contribution in [2.75, 3.05) is 5.75 Å². The monoisotopic (exact) mass is 229 g/mol. The second-order valence-electron chi connectivity index (χ2n) is 3.01. The van der Waals surface area contributed by atoms with Gasteiger partial charge in [0.05, 0.1) is 0 Å². The van der Waals surface area contributed by atoms with Crippen LogP contribution in [0.4, 0.5) is 4.39 Å². The van der Waals surface area contributed by atoms with Crippen molar-refractivity contribution in [1.82, 2.24) is 0 Å². The number of nitrogens with two attached hydrogens (primary N) is 1. The van der Waals surface area contributed by atoms with Crippen molar-refractivity contribution in [2.24, 2.45) is 5.73 Å². The number of carboxylic acids is 1. The van der Waals surface area contributed by atoms with E-state index in [1.54, 1.807) is 18.2 Å². The zero-order valence-corrected chi connectivity index (χ0v) is 8.84. The Morgan fingerprint density at radius 1 is 1.53 bits per heavy atom. The molecular formula is C10H12FNO2S. The van der Waals surface area contributed by atoms with Crippen LogP contribution in [0.5, 0.6) is 0 Å². The first kappa shape index (κ1) is 12.0. The summed E-state index contributed by atoms with van der Waals surface area (Å²) in [7, 11) is 0. The minimum absolute atomic E-state index is 0.286. The lowest BCUT2D eigenvalue weighted by Gasteiger charge is -2.06. The van der Waals surface area contributed by atoms with Gasteiger partial charge in [-0.2, -0.15) is 0 Å². The smallest absolute Gasteiger partial charge is 0.320 e. The van der Waals surface area contributed by atoms with Gasteiger partial charge in [0, 0.05) is 10.6 Å². The zero-order valence-electron chi connectivity index (χ0n) is 8.02. The highest BCUT2D eigenvalue weighted by atomic mass is 32.2. The fourth-order valence-corrected chi connectivity index (χ4v) is 1.95. The molecule has 0 aromatic heterocycles. The number of thioether (sulfide) groups is 1. The van der Waals surface area contributed by atoms with E-state index in [0.29, 0.717) is 17.1 Å². The standard InChI is InChI=1S/C10H12FNO2S/c11-7-3-1-2-4-9(7)15-6-5-8(12)10(13)14/h1-4,8H,5-6,12H2,(H,13,14). The molecule has 1 aromatic carbocycles. The Morgan fingerprint density at radius 3 is 2.80 bits per heavy atom. The van der Waals surface area contributed by atoms with Gasteiger partial charge in [0.1, 0.15) is 11.9 Å². The van der Waals surface area contributed by atoms with Gasteiger partial charge in [-0.05, 0) is 18.6 Å². The topological polar surface area (TPSA) is 63.3 Å². The van der Waals surface area contributed by atoms with Crippen molar-refractivity contribution in [3.05, 3.63) is 30.1 Å². The lowest BCUT2D eigenvalue weighted by Crippen LogP contribution is -2.30. The van der Waals surface area contributed by atoms with Crippen LogP contribution in [-0.4, -0.2) is 22.9 Å². The summed E-state index contributed by atoms with van der Waals surface area (Å²) in [5, 5.41) is 8.53. The van der Waals surface area contributed by atoms with E-state index in [9.17, 15) is 9.18 Å². The maximum atomic E-state index is 13.1. The van der Waals surface area contributed by atoms with Crippen molar-refractivity contribution in [3.8, 4) is 0 Å². The van der Waals surface area contributed by atoms with Crippen LogP contribution in [0.3, 0.4) is 0 Å². The summed E-state index contributed by atoms with van der Waals surface area (Å²) in [5.74, 6) is -0.815. The van der Waals surface area contributed by atoms with Gasteiger partial charge in [-0.1, -0.05) is 12.1 Å². The zero-order chi connectivity index (χ0) is 11.3. The number of rotatable bonds is 5. The van der Waals surface area contributed by atoms with Crippen LogP contribution in [0.15, 0.2) is 29.2 Å². The van der Waals surface area contributed by atoms with Crippen LogP contribution >= 0.6 is 11.8 Å². The molecule has 0 bridgehead atoms. The van der Waals surface area contributed by atoms with E-state index >= 15 is 0 Å². The van der Waals surface area contributed by atoms with E-state index < -0.39 is 12.0 Å². The highest BCUT2D eigenvalue weighted by Gasteiger charge is 2.11. The van der Waals surface area contributed by atoms with Crippen molar-refractivity contribution in [3.63, 3.8) is 0 Å². The normalized spacial score (nSPS) is 12.4. The molecule has 82 valence electrons. The largest absolute Gasteiger partial charge is 0.480 e. The van der Waals surface area contributed by atoms with Crippen molar-refractivity contribution in [2.45, 2.75) is 17.4 Å². The maximum absolute atomic E-state index is 13.1. The Labute approximate surface area is 91.5 Å². The van der Waals surface area contributed by atoms with Crippen molar-refractivity contribution in [1.29, 1.82) is 0 Å². The van der Waals surface area contributed by atoms with E-state index in [-0.39, 0.29) is 5.82 Å². The SMILES string of the molecule is NC(CCSc1ccccc1F)C(=O)O. The Kier molecular flexibility index (Phi) is 4.58. The molecule has 1 unspecified atom stereocenters. The van der Waals surface area contributed by atoms with Gasteiger partial charge in [-0.25, -0.2) is 4.39 Å². The van der Waals surface area contributed by atoms with E-state index in [0.717, 1.165) is 0 Å². The highest BCUT2D eigenvalue weighted by molar-refractivity contribution is 7.99. The van der Waals surface area contributed by atoms with E-state index in [4.69, 9.17) is 10.8 Å². The fraction of sp³-hybridized carbons (Fsp3) is 0.300. The summed E-state index contributed by atoms with van der Waals surface area (Å²) in [5.41, 5.74) is 5.31. The van der Waals surface area contributed by atoms with Crippen LogP contribution in [0.1, 0.15) is 6.42 Å². The molecule has 0 fully saturated rings. The average Bonchev–Trinajstić information content (AvgIpc) is 2.20. The fourth-order valence-electron chi connectivity index (χ4n) is 0.981. The van der Waals surface area contributed by atoms with E-state index in [1.165, 1.54) is 17.8 Å². The number of benzene rings is 1. The second kappa shape index (κ2) is 5.72. The molecule has 1 aromatic rings. The van der Waals surface area contributed by atoms with Crippen molar-refractivity contribution >= 4 is 17.7 Å². The first-order valence-corrected chi connectivity index (χ1v) is 5.45. The van der Waals surface area contributed by atoms with Gasteiger partial charge in [-0.15, -0.1) is 11.8 Å². The summed E-state index contributed by atoms with van der Waals surface area (Å²) in [6, 6.07) is 5.51. The number of halogens is 1. The van der Waals surface area contributed by atoms with Crippen LogP contribution in [0, 0.1) is 5.82 Å². The molecule has 0 aliphatic carbocycles. The Bertz CT molecular complexity index is 346. The predicted molar refractivity (Wildman–Crippen MR) is 57.4 cm³/mol. The predicted octanol–water partition coefficient (Wildman–Crippen LogP) is 1.72. The highest BCUT2D eigenvalue weighted by Crippen LogP contribution is 2.21. The summed E-state index contributed by atoms with van der Waals surface area (Å²) in [6.45, 7) is 0. The molecule has 0 aliphatic rings. The third-order valence-corrected chi connectivity index (χ3v) is 2.92. The van der Waals surface area contributed by atoms with Crippen molar-refractivity contribution < 1.29 is 14.3 Å². The molecule has 0 saturated heterocycles. The number of hydrogen-bond acceptors (Lipinski definition) is 3. The number of carboxylic acid groups (broad SMARTS) is 1. The molecule has 0 saturated carbocycles. The quantitative estimate of drug-likeness (QED) is 0.755. The average molecular weight is 229 g/mol. The van der Waals surface area contributed by atoms with Crippen LogP contribution in [-0.2, 0) is 4.79 Å². The molecule has 5 heteroatoms. The van der Waals surface area contributed by atoms with Gasteiger partial charge in [0.15, 0.2) is 0 Å². The molecule has 1 atom stereocenters. The summed E-state index contributed by atoms with van der Waals surface area (Å²) in [4.78, 5) is 10.9. The molecule has 0 heterocycles. The van der Waals surface area contributed by atoms with Crippen LogP contribution in [0.2, 0.25) is 0 Å². The first-order chi connectivity index (χ1) is 7.11. The van der Waals surface area contributed by atoms with E-state index in [2.05, 4.69) is 0 Å². The lowest BCUT2D eigenvalue weighted by atomic mass is 10.2. The lowest BCUT2D eigenvalue weighted by molar-refractivity contribution is -0.138. The van der Waals surface area contributed by atoms with E-state index in [1.807, 2.05) is 0 Å². The first-order valence-electron chi connectivity index (χ1n) is 4.47. The number of carbonyl (C=O) groups is 1. The van der Waals surface area contributed by atoms with Crippen LogP contribution < -0.4 is 5.73 Å². The second-order valence-corrected chi connectivity index (χ2v) is 4.15. The molecule has 0 aliphatic heterocycles. The third kappa shape index (κ3) is 3.89. The summed E-state index contributed by atoms with van der Waals surface area (Å²) < 4.78 is 13.1. The summed E-state index contributed by atoms with van der Waals surface area (Å²) in [6.07, 6.45) is 0.328. The van der Waals surface area contributed by atoms with Gasteiger partial charge < -0.3 is 10.8 Å². The number of aliphatic carboxylic acids is 1. The minimum atomic E-state index is -1.02. The van der Waals surface area contributed by atoms with Gasteiger partial charge in [0.2, 0.25) is 0 Å². The summed E-state index contributed by atoms with van der Waals surface area (Å²) >= 11 is 1.27.